The second kappa shape index (κ2) is 10.6. The molecule has 1 aliphatic carbocycles. The molecular formula is C29H33ClN8O3. The van der Waals surface area contributed by atoms with Crippen LogP contribution in [-0.4, -0.2) is 37.3 Å². The van der Waals surface area contributed by atoms with E-state index in [0.717, 1.165) is 65.8 Å². The highest BCUT2D eigenvalue weighted by Crippen LogP contribution is 2.41. The molecule has 2 saturated heterocycles. The summed E-state index contributed by atoms with van der Waals surface area (Å²) in [7, 11) is 0. The Kier molecular flexibility index (Phi) is 6.78. The lowest BCUT2D eigenvalue weighted by Gasteiger charge is -2.30. The van der Waals surface area contributed by atoms with Crippen molar-refractivity contribution in [2.45, 2.75) is 71.1 Å². The molecule has 2 aliphatic heterocycles. The van der Waals surface area contributed by atoms with E-state index in [0.29, 0.717) is 22.3 Å². The lowest BCUT2D eigenvalue weighted by atomic mass is 9.83. The maximum absolute atomic E-state index is 11.8. The van der Waals surface area contributed by atoms with E-state index in [9.17, 15) is 4.79 Å². The van der Waals surface area contributed by atoms with E-state index in [1.807, 2.05) is 25.1 Å². The molecule has 0 aromatic carbocycles. The summed E-state index contributed by atoms with van der Waals surface area (Å²) in [6, 6.07) is 5.86. The Labute approximate surface area is 242 Å². The normalized spacial score (nSPS) is 24.7. The summed E-state index contributed by atoms with van der Waals surface area (Å²) in [5.74, 6) is 3.05. The zero-order valence-corrected chi connectivity index (χ0v) is 23.9. The van der Waals surface area contributed by atoms with Crippen LogP contribution in [0.1, 0.15) is 74.8 Å². The van der Waals surface area contributed by atoms with Crippen LogP contribution in [0.4, 0.5) is 10.7 Å². The molecule has 4 aromatic rings. The van der Waals surface area contributed by atoms with Crippen molar-refractivity contribution >= 4 is 34.7 Å². The van der Waals surface area contributed by atoms with Crippen LogP contribution in [-0.2, 0) is 11.4 Å². The number of hydrogen-bond acceptors (Lipinski definition) is 9. The Balaban J connectivity index is 1.41. The number of imidazole rings is 1. The van der Waals surface area contributed by atoms with Crippen LogP contribution in [0.5, 0.6) is 0 Å². The van der Waals surface area contributed by atoms with Crippen LogP contribution >= 0.6 is 11.6 Å². The fourth-order valence-electron chi connectivity index (χ4n) is 6.48. The van der Waals surface area contributed by atoms with E-state index >= 15 is 0 Å². The SMILES string of the molecule is Cc1cc(C2CCCN2c2nc3cc(C4NOC(=O)N4)nc(-c4cncc(Cl)c4)c3n2CC2CCC(C)CC2)on1. The van der Waals surface area contributed by atoms with Crippen molar-refractivity contribution in [3.63, 3.8) is 0 Å². The Hall–Kier alpha value is -3.70. The van der Waals surface area contributed by atoms with Crippen LogP contribution in [0.2, 0.25) is 5.02 Å². The molecule has 0 spiro atoms. The minimum absolute atomic E-state index is 0.0473. The van der Waals surface area contributed by atoms with Gasteiger partial charge in [0, 0.05) is 37.1 Å². The summed E-state index contributed by atoms with van der Waals surface area (Å²) in [5, 5.41) is 7.45. The molecule has 7 rings (SSSR count). The first-order chi connectivity index (χ1) is 19.9. The number of amides is 1. The maximum Gasteiger partial charge on any atom is 0.427 e. The van der Waals surface area contributed by atoms with E-state index in [4.69, 9.17) is 30.9 Å². The van der Waals surface area contributed by atoms with Gasteiger partial charge in [-0.1, -0.05) is 36.5 Å². The highest BCUT2D eigenvalue weighted by atomic mass is 35.5. The van der Waals surface area contributed by atoms with Crippen molar-refractivity contribution in [2.75, 3.05) is 11.4 Å². The molecule has 2 atom stereocenters. The number of carbonyl (C=O) groups is 1. The minimum atomic E-state index is -0.608. The van der Waals surface area contributed by atoms with Gasteiger partial charge >= 0.3 is 6.09 Å². The number of aryl methyl sites for hydroxylation is 1. The van der Waals surface area contributed by atoms with Crippen LogP contribution in [0.15, 0.2) is 35.1 Å². The fraction of sp³-hybridized carbons (Fsp3) is 0.483. The number of anilines is 1. The highest BCUT2D eigenvalue weighted by molar-refractivity contribution is 6.30. The highest BCUT2D eigenvalue weighted by Gasteiger charge is 2.35. The molecule has 214 valence electrons. The van der Waals surface area contributed by atoms with Crippen LogP contribution in [0.3, 0.4) is 0 Å². The largest absolute Gasteiger partial charge is 0.427 e. The molecule has 1 amide bonds. The summed E-state index contributed by atoms with van der Waals surface area (Å²) in [6.07, 6.45) is 9.03. The average Bonchev–Trinajstić information content (AvgIpc) is 3.76. The number of hydroxylamine groups is 1. The van der Waals surface area contributed by atoms with Gasteiger partial charge in [-0.2, -0.15) is 0 Å². The lowest BCUT2D eigenvalue weighted by Crippen LogP contribution is -2.27. The van der Waals surface area contributed by atoms with E-state index < -0.39 is 12.3 Å². The molecule has 2 unspecified atom stereocenters. The zero-order chi connectivity index (χ0) is 28.1. The summed E-state index contributed by atoms with van der Waals surface area (Å²) in [6.45, 7) is 5.99. The number of nitrogens with one attached hydrogen (secondary N) is 2. The summed E-state index contributed by atoms with van der Waals surface area (Å²) in [4.78, 5) is 33.8. The number of fused-ring (bicyclic) bond motifs is 1. The van der Waals surface area contributed by atoms with Crippen molar-refractivity contribution in [1.82, 2.24) is 35.5 Å². The second-order valence-corrected chi connectivity index (χ2v) is 12.0. The van der Waals surface area contributed by atoms with E-state index in [-0.39, 0.29) is 6.04 Å². The van der Waals surface area contributed by atoms with Crippen LogP contribution in [0.25, 0.3) is 22.3 Å². The fourth-order valence-corrected chi connectivity index (χ4v) is 6.66. The van der Waals surface area contributed by atoms with Crippen molar-refractivity contribution in [1.29, 1.82) is 0 Å². The molecule has 3 aliphatic rings. The van der Waals surface area contributed by atoms with Gasteiger partial charge in [0.25, 0.3) is 0 Å². The standard InChI is InChI=1S/C29H33ClN8O3/c1-16-5-7-18(8-6-16)15-38-26-21(33-28(38)37-9-3-4-23(37)24-10-17(2)35-40-24)12-22(27-34-29(39)41-36-27)32-25(26)19-11-20(30)14-31-13-19/h10-14,16,18,23,27,36H,3-9,15H2,1-2H3,(H,34,39). The van der Waals surface area contributed by atoms with Gasteiger partial charge in [-0.15, -0.1) is 5.48 Å². The van der Waals surface area contributed by atoms with Gasteiger partial charge in [0.2, 0.25) is 5.95 Å². The smallest absolute Gasteiger partial charge is 0.359 e. The zero-order valence-electron chi connectivity index (χ0n) is 23.1. The third-order valence-electron chi connectivity index (χ3n) is 8.59. The quantitative estimate of drug-likeness (QED) is 0.291. The van der Waals surface area contributed by atoms with Gasteiger partial charge in [-0.3, -0.25) is 10.3 Å². The van der Waals surface area contributed by atoms with Crippen molar-refractivity contribution < 1.29 is 14.2 Å². The van der Waals surface area contributed by atoms with E-state index in [1.165, 1.54) is 25.7 Å². The Morgan fingerprint density at radius 1 is 1.10 bits per heavy atom. The van der Waals surface area contributed by atoms with E-state index in [2.05, 4.69) is 37.3 Å². The minimum Gasteiger partial charge on any atom is -0.359 e. The Morgan fingerprint density at radius 2 is 1.95 bits per heavy atom. The van der Waals surface area contributed by atoms with Gasteiger partial charge in [0.1, 0.15) is 0 Å². The number of rotatable bonds is 6. The van der Waals surface area contributed by atoms with Crippen molar-refractivity contribution in [2.24, 2.45) is 11.8 Å². The molecule has 1 saturated carbocycles. The first-order valence-electron chi connectivity index (χ1n) is 14.4. The molecular weight excluding hydrogens is 544 g/mol. The molecule has 11 nitrogen and oxygen atoms in total. The van der Waals surface area contributed by atoms with Gasteiger partial charge in [-0.05, 0) is 56.6 Å². The average molecular weight is 577 g/mol. The summed E-state index contributed by atoms with van der Waals surface area (Å²) < 4.78 is 8.10. The Morgan fingerprint density at radius 3 is 2.68 bits per heavy atom. The van der Waals surface area contributed by atoms with Gasteiger partial charge in [0.15, 0.2) is 11.9 Å². The number of hydrogen-bond donors (Lipinski definition) is 2. The predicted octanol–water partition coefficient (Wildman–Crippen LogP) is 5.85. The van der Waals surface area contributed by atoms with Crippen molar-refractivity contribution in [3.8, 4) is 11.3 Å². The first kappa shape index (κ1) is 26.2. The summed E-state index contributed by atoms with van der Waals surface area (Å²) >= 11 is 6.41. The topological polar surface area (TPSA) is 123 Å². The van der Waals surface area contributed by atoms with Gasteiger partial charge in [0.05, 0.1) is 39.2 Å². The number of pyridine rings is 2. The maximum atomic E-state index is 11.8. The molecule has 6 heterocycles. The van der Waals surface area contributed by atoms with Gasteiger partial charge < -0.3 is 18.8 Å². The van der Waals surface area contributed by atoms with Crippen molar-refractivity contribution in [3.05, 3.63) is 52.8 Å². The van der Waals surface area contributed by atoms with Gasteiger partial charge in [-0.25, -0.2) is 14.8 Å². The van der Waals surface area contributed by atoms with Crippen LogP contribution < -0.4 is 15.7 Å². The first-order valence-corrected chi connectivity index (χ1v) is 14.8. The number of nitrogens with zero attached hydrogens (tertiary/aromatic N) is 6. The molecule has 12 heteroatoms. The monoisotopic (exact) mass is 576 g/mol. The molecule has 41 heavy (non-hydrogen) atoms. The number of aromatic nitrogens is 5. The summed E-state index contributed by atoms with van der Waals surface area (Å²) in [5.41, 5.74) is 7.39. The predicted molar refractivity (Wildman–Crippen MR) is 153 cm³/mol. The molecule has 0 radical (unpaired) electrons. The molecule has 3 fully saturated rings. The Bertz CT molecular complexity index is 1590. The number of halogens is 1. The van der Waals surface area contributed by atoms with Crippen LogP contribution in [0, 0.1) is 18.8 Å². The lowest BCUT2D eigenvalue weighted by molar-refractivity contribution is 0.121. The number of carbonyl (C=O) groups excluding carboxylic acids is 1. The molecule has 4 aromatic heterocycles. The van der Waals surface area contributed by atoms with E-state index in [1.54, 1.807) is 12.4 Å². The molecule has 0 bridgehead atoms. The third-order valence-corrected chi connectivity index (χ3v) is 8.80. The third kappa shape index (κ3) is 5.01. The molecule has 2 N–H and O–H groups in total. The second-order valence-electron chi connectivity index (χ2n) is 11.6.